The number of ether oxygens (including phenoxy) is 1. The highest BCUT2D eigenvalue weighted by atomic mass is 127. The van der Waals surface area contributed by atoms with Crippen LogP contribution in [0.4, 0.5) is 11.5 Å². The van der Waals surface area contributed by atoms with Crippen molar-refractivity contribution < 1.29 is 4.74 Å². The fraction of sp³-hybridized carbons (Fsp3) is 0.333. The second-order valence-electron chi connectivity index (χ2n) is 5.37. The van der Waals surface area contributed by atoms with E-state index in [0.29, 0.717) is 23.3 Å². The summed E-state index contributed by atoms with van der Waals surface area (Å²) in [7, 11) is 1.57. The second-order valence-corrected chi connectivity index (χ2v) is 5.78. The summed E-state index contributed by atoms with van der Waals surface area (Å²) in [5.41, 5.74) is 7.68. The smallest absolute Gasteiger partial charge is 0.193 e. The van der Waals surface area contributed by atoms with Crippen molar-refractivity contribution >= 4 is 53.0 Å². The van der Waals surface area contributed by atoms with Gasteiger partial charge >= 0.3 is 0 Å². The zero-order chi connectivity index (χ0) is 18.2. The van der Waals surface area contributed by atoms with E-state index in [2.05, 4.69) is 34.0 Å². The lowest BCUT2D eigenvalue weighted by molar-refractivity contribution is 0.415. The van der Waals surface area contributed by atoms with Gasteiger partial charge in [0.25, 0.3) is 0 Å². The molecule has 2 rings (SSSR count). The number of hydrogen-bond acceptors (Lipinski definition) is 4. The Morgan fingerprint density at radius 3 is 2.54 bits per heavy atom. The summed E-state index contributed by atoms with van der Waals surface area (Å²) in [6.45, 7) is 6.54. The molecule has 0 bridgehead atoms. The fourth-order valence-electron chi connectivity index (χ4n) is 2.35. The maximum absolute atomic E-state index is 6.09. The average Bonchev–Trinajstić information content (AvgIpc) is 2.62. The van der Waals surface area contributed by atoms with E-state index in [1.54, 1.807) is 19.2 Å². The van der Waals surface area contributed by atoms with Crippen molar-refractivity contribution in [2.45, 2.75) is 20.4 Å². The number of methoxy groups -OCH3 is 1. The monoisotopic (exact) mass is 489 g/mol. The first-order chi connectivity index (χ1) is 12.1. The normalized spacial score (nSPS) is 10.8. The molecule has 1 aromatic carbocycles. The zero-order valence-corrected chi connectivity index (χ0v) is 18.3. The number of hydrogen-bond donors (Lipinski definition) is 2. The van der Waals surface area contributed by atoms with Crippen LogP contribution in [0.2, 0.25) is 5.02 Å². The van der Waals surface area contributed by atoms with Crippen LogP contribution in [0.25, 0.3) is 0 Å². The molecule has 0 spiro atoms. The van der Waals surface area contributed by atoms with Crippen LogP contribution in [0, 0.1) is 0 Å². The van der Waals surface area contributed by atoms with Crippen LogP contribution in [-0.2, 0) is 6.54 Å². The number of halogens is 2. The third kappa shape index (κ3) is 6.21. The van der Waals surface area contributed by atoms with Crippen molar-refractivity contribution in [3.63, 3.8) is 0 Å². The van der Waals surface area contributed by atoms with Crippen LogP contribution >= 0.6 is 35.6 Å². The van der Waals surface area contributed by atoms with Gasteiger partial charge in [-0.3, -0.25) is 0 Å². The Kier molecular flexibility index (Phi) is 9.50. The molecule has 1 heterocycles. The van der Waals surface area contributed by atoms with Crippen LogP contribution in [-0.4, -0.2) is 31.1 Å². The molecule has 0 atom stereocenters. The fourth-order valence-corrected chi connectivity index (χ4v) is 2.61. The minimum absolute atomic E-state index is 0. The van der Waals surface area contributed by atoms with E-state index in [-0.39, 0.29) is 24.0 Å². The molecule has 6 nitrogen and oxygen atoms in total. The third-order valence-corrected chi connectivity index (χ3v) is 4.05. The largest absolute Gasteiger partial charge is 0.495 e. The molecule has 0 unspecified atom stereocenters. The Hall–Kier alpha value is -1.74. The minimum atomic E-state index is 0. The van der Waals surface area contributed by atoms with Crippen LogP contribution in [0.3, 0.4) is 0 Å². The number of anilines is 2. The number of benzene rings is 1. The molecule has 2 aromatic rings. The number of pyridine rings is 1. The quantitative estimate of drug-likeness (QED) is 0.347. The molecule has 1 aromatic heterocycles. The maximum Gasteiger partial charge on any atom is 0.193 e. The molecule has 0 fully saturated rings. The zero-order valence-electron chi connectivity index (χ0n) is 15.2. The van der Waals surface area contributed by atoms with Crippen molar-refractivity contribution in [1.82, 2.24) is 4.98 Å². The predicted octanol–water partition coefficient (Wildman–Crippen LogP) is 4.13. The molecule has 0 aliphatic heterocycles. The number of aromatic nitrogens is 1. The van der Waals surface area contributed by atoms with Gasteiger partial charge in [0, 0.05) is 25.0 Å². The summed E-state index contributed by atoms with van der Waals surface area (Å²) < 4.78 is 5.12. The summed E-state index contributed by atoms with van der Waals surface area (Å²) in [4.78, 5) is 11.0. The molecular weight excluding hydrogens is 465 g/mol. The number of guanidine groups is 1. The standard InChI is InChI=1S/C18H24ClN5O.HI/c1-4-24(5-2)17-9-6-13(11-21-17)12-22-18(20)23-14-7-8-16(25-3)15(19)10-14;/h6-11H,4-5,12H2,1-3H3,(H3,20,22,23);1H. The van der Waals surface area contributed by atoms with E-state index in [1.165, 1.54) is 0 Å². The van der Waals surface area contributed by atoms with E-state index in [0.717, 1.165) is 30.2 Å². The van der Waals surface area contributed by atoms with Crippen molar-refractivity contribution in [3.8, 4) is 5.75 Å². The lowest BCUT2D eigenvalue weighted by Crippen LogP contribution is -2.23. The Labute approximate surface area is 176 Å². The first-order valence-electron chi connectivity index (χ1n) is 8.17. The van der Waals surface area contributed by atoms with Crippen LogP contribution in [0.5, 0.6) is 5.75 Å². The Morgan fingerprint density at radius 1 is 1.27 bits per heavy atom. The Morgan fingerprint density at radius 2 is 2.00 bits per heavy atom. The molecule has 0 radical (unpaired) electrons. The van der Waals surface area contributed by atoms with Crippen molar-refractivity contribution in [2.24, 2.45) is 10.7 Å². The van der Waals surface area contributed by atoms with Gasteiger partial charge in [0.1, 0.15) is 11.6 Å². The third-order valence-electron chi connectivity index (χ3n) is 3.75. The van der Waals surface area contributed by atoms with E-state index in [4.69, 9.17) is 22.1 Å². The van der Waals surface area contributed by atoms with E-state index < -0.39 is 0 Å². The molecule has 8 heteroatoms. The van der Waals surface area contributed by atoms with Gasteiger partial charge in [-0.2, -0.15) is 0 Å². The number of nitrogens with two attached hydrogens (primary N) is 1. The van der Waals surface area contributed by atoms with Crippen LogP contribution in [0.1, 0.15) is 19.4 Å². The summed E-state index contributed by atoms with van der Waals surface area (Å²) in [6, 6.07) is 9.36. The van der Waals surface area contributed by atoms with Gasteiger partial charge in [0.15, 0.2) is 5.96 Å². The molecule has 0 saturated carbocycles. The summed E-state index contributed by atoms with van der Waals surface area (Å²) in [6.07, 6.45) is 1.83. The summed E-state index contributed by atoms with van der Waals surface area (Å²) >= 11 is 6.09. The van der Waals surface area contributed by atoms with Gasteiger partial charge in [-0.05, 0) is 43.7 Å². The highest BCUT2D eigenvalue weighted by Crippen LogP contribution is 2.27. The molecule has 3 N–H and O–H groups in total. The van der Waals surface area contributed by atoms with Crippen LogP contribution in [0.15, 0.2) is 41.5 Å². The lowest BCUT2D eigenvalue weighted by Gasteiger charge is -2.19. The summed E-state index contributed by atoms with van der Waals surface area (Å²) in [5.74, 6) is 1.90. The molecular formula is C18H25ClIN5O. The number of nitrogens with one attached hydrogen (secondary N) is 1. The first kappa shape index (κ1) is 22.3. The van der Waals surface area contributed by atoms with Crippen molar-refractivity contribution in [2.75, 3.05) is 30.4 Å². The average molecular weight is 490 g/mol. The predicted molar refractivity (Wildman–Crippen MR) is 120 cm³/mol. The SMILES string of the molecule is CCN(CC)c1ccc(CN=C(N)Nc2ccc(OC)c(Cl)c2)cn1.I. The van der Waals surface area contributed by atoms with Gasteiger partial charge in [-0.15, -0.1) is 24.0 Å². The van der Waals surface area contributed by atoms with Gasteiger partial charge < -0.3 is 20.7 Å². The molecule has 26 heavy (non-hydrogen) atoms. The van der Waals surface area contributed by atoms with Gasteiger partial charge in [-0.1, -0.05) is 17.7 Å². The highest BCUT2D eigenvalue weighted by Gasteiger charge is 2.04. The van der Waals surface area contributed by atoms with Gasteiger partial charge in [-0.25, -0.2) is 9.98 Å². The van der Waals surface area contributed by atoms with Crippen molar-refractivity contribution in [1.29, 1.82) is 0 Å². The highest BCUT2D eigenvalue weighted by molar-refractivity contribution is 14.0. The lowest BCUT2D eigenvalue weighted by atomic mass is 10.3. The molecule has 0 amide bonds. The number of aliphatic imine (C=N–C) groups is 1. The first-order valence-corrected chi connectivity index (χ1v) is 8.55. The maximum atomic E-state index is 6.09. The van der Waals surface area contributed by atoms with Crippen molar-refractivity contribution in [3.05, 3.63) is 47.1 Å². The van der Waals surface area contributed by atoms with Gasteiger partial charge in [0.2, 0.25) is 0 Å². The Balaban J connectivity index is 0.00000338. The molecule has 142 valence electrons. The molecule has 0 aliphatic rings. The minimum Gasteiger partial charge on any atom is -0.495 e. The van der Waals surface area contributed by atoms with Gasteiger partial charge in [0.05, 0.1) is 18.7 Å². The number of rotatable bonds is 7. The number of nitrogens with zero attached hydrogens (tertiary/aromatic N) is 3. The topological polar surface area (TPSA) is 75.8 Å². The van der Waals surface area contributed by atoms with E-state index >= 15 is 0 Å². The molecule has 0 aliphatic carbocycles. The molecule has 0 saturated heterocycles. The van der Waals surface area contributed by atoms with E-state index in [1.807, 2.05) is 24.4 Å². The second kappa shape index (κ2) is 11.1. The Bertz CT molecular complexity index is 720. The van der Waals surface area contributed by atoms with E-state index in [9.17, 15) is 0 Å². The summed E-state index contributed by atoms with van der Waals surface area (Å²) in [5, 5.41) is 3.52. The van der Waals surface area contributed by atoms with Crippen LogP contribution < -0.4 is 20.7 Å².